The molecule has 0 spiro atoms. The molecular formula is C13H14N2O2. The van der Waals surface area contributed by atoms with Crippen LogP contribution in [0.15, 0.2) is 22.7 Å². The van der Waals surface area contributed by atoms with E-state index in [-0.39, 0.29) is 5.75 Å². The molecule has 1 aromatic heterocycles. The van der Waals surface area contributed by atoms with Gasteiger partial charge in [-0.15, -0.1) is 0 Å². The Bertz CT molecular complexity index is 562. The quantitative estimate of drug-likeness (QED) is 0.861. The van der Waals surface area contributed by atoms with Crippen molar-refractivity contribution in [2.45, 2.75) is 26.2 Å². The summed E-state index contributed by atoms with van der Waals surface area (Å²) in [5.41, 5.74) is 1.57. The fourth-order valence-corrected chi connectivity index (χ4v) is 2.03. The molecule has 1 aromatic carbocycles. The van der Waals surface area contributed by atoms with E-state index in [1.165, 1.54) is 0 Å². The van der Waals surface area contributed by atoms with Gasteiger partial charge in [0.1, 0.15) is 5.75 Å². The van der Waals surface area contributed by atoms with Crippen molar-refractivity contribution in [3.63, 3.8) is 0 Å². The van der Waals surface area contributed by atoms with Gasteiger partial charge in [0.2, 0.25) is 0 Å². The van der Waals surface area contributed by atoms with Gasteiger partial charge in [-0.2, -0.15) is 4.98 Å². The summed E-state index contributed by atoms with van der Waals surface area (Å²) < 4.78 is 5.26. The van der Waals surface area contributed by atoms with Crippen LogP contribution in [-0.4, -0.2) is 15.2 Å². The van der Waals surface area contributed by atoms with Crippen molar-refractivity contribution in [2.24, 2.45) is 5.92 Å². The van der Waals surface area contributed by atoms with Gasteiger partial charge >= 0.3 is 0 Å². The molecule has 3 rings (SSSR count). The maximum Gasteiger partial charge on any atom is 0.258 e. The second-order valence-electron chi connectivity index (χ2n) is 4.73. The van der Waals surface area contributed by atoms with Gasteiger partial charge in [-0.05, 0) is 31.4 Å². The summed E-state index contributed by atoms with van der Waals surface area (Å²) in [5, 5.41) is 13.6. The zero-order valence-electron chi connectivity index (χ0n) is 9.84. The minimum Gasteiger partial charge on any atom is -0.508 e. The first-order valence-corrected chi connectivity index (χ1v) is 5.79. The highest BCUT2D eigenvalue weighted by atomic mass is 16.5. The van der Waals surface area contributed by atoms with Gasteiger partial charge < -0.3 is 9.63 Å². The zero-order chi connectivity index (χ0) is 12.0. The van der Waals surface area contributed by atoms with Gasteiger partial charge in [0.05, 0.1) is 0 Å². The Morgan fingerprint density at radius 3 is 2.88 bits per heavy atom. The van der Waals surface area contributed by atoms with Crippen molar-refractivity contribution in [2.75, 3.05) is 0 Å². The van der Waals surface area contributed by atoms with E-state index in [1.807, 2.05) is 13.0 Å². The molecule has 17 heavy (non-hydrogen) atoms. The molecule has 0 amide bonds. The fraction of sp³-hybridized carbons (Fsp3) is 0.385. The van der Waals surface area contributed by atoms with Crippen molar-refractivity contribution in [1.29, 1.82) is 0 Å². The third-order valence-corrected chi connectivity index (χ3v) is 3.42. The van der Waals surface area contributed by atoms with Gasteiger partial charge in [-0.25, -0.2) is 0 Å². The van der Waals surface area contributed by atoms with E-state index in [1.54, 1.807) is 12.1 Å². The van der Waals surface area contributed by atoms with Gasteiger partial charge in [0, 0.05) is 17.0 Å². The standard InChI is InChI=1S/C13H14N2O2/c1-7-6-10(7)12-14-13(17-15-12)9-4-3-5-11(16)8(9)2/h3-5,7,10,16H,6H2,1-2H3. The van der Waals surface area contributed by atoms with Gasteiger partial charge in [-0.1, -0.05) is 18.1 Å². The lowest BCUT2D eigenvalue weighted by atomic mass is 10.1. The SMILES string of the molecule is Cc1c(O)cccc1-c1nc(C2CC2C)no1. The molecule has 2 unspecified atom stereocenters. The van der Waals surface area contributed by atoms with E-state index >= 15 is 0 Å². The monoisotopic (exact) mass is 230 g/mol. The van der Waals surface area contributed by atoms with E-state index in [9.17, 15) is 5.11 Å². The van der Waals surface area contributed by atoms with Crippen molar-refractivity contribution < 1.29 is 9.63 Å². The third-order valence-electron chi connectivity index (χ3n) is 3.42. The maximum atomic E-state index is 9.64. The fourth-order valence-electron chi connectivity index (χ4n) is 2.03. The first-order chi connectivity index (χ1) is 8.16. The lowest BCUT2D eigenvalue weighted by molar-refractivity contribution is 0.421. The Hall–Kier alpha value is -1.84. The first kappa shape index (κ1) is 10.3. The molecule has 1 aliphatic rings. The Kier molecular flexibility index (Phi) is 2.18. The van der Waals surface area contributed by atoms with Crippen LogP contribution < -0.4 is 0 Å². The van der Waals surface area contributed by atoms with E-state index in [2.05, 4.69) is 17.1 Å². The van der Waals surface area contributed by atoms with Crippen LogP contribution in [0.25, 0.3) is 11.5 Å². The zero-order valence-corrected chi connectivity index (χ0v) is 9.84. The second kappa shape index (κ2) is 3.58. The predicted molar refractivity (Wildman–Crippen MR) is 62.7 cm³/mol. The van der Waals surface area contributed by atoms with Crippen molar-refractivity contribution in [3.8, 4) is 17.2 Å². The number of phenols is 1. The lowest BCUT2D eigenvalue weighted by Crippen LogP contribution is -1.86. The van der Waals surface area contributed by atoms with Crippen molar-refractivity contribution >= 4 is 0 Å². The van der Waals surface area contributed by atoms with Crippen molar-refractivity contribution in [3.05, 3.63) is 29.6 Å². The minimum absolute atomic E-state index is 0.252. The molecule has 1 N–H and O–H groups in total. The smallest absolute Gasteiger partial charge is 0.258 e. The highest BCUT2D eigenvalue weighted by Gasteiger charge is 2.38. The molecule has 0 saturated heterocycles. The Morgan fingerprint density at radius 1 is 1.41 bits per heavy atom. The third kappa shape index (κ3) is 1.69. The number of benzene rings is 1. The van der Waals surface area contributed by atoms with Gasteiger partial charge in [-0.3, -0.25) is 0 Å². The Labute approximate surface area is 99.3 Å². The number of aromatic hydroxyl groups is 1. The van der Waals surface area contributed by atoms with Crippen LogP contribution in [0.1, 0.15) is 30.7 Å². The summed E-state index contributed by atoms with van der Waals surface area (Å²) in [4.78, 5) is 4.41. The summed E-state index contributed by atoms with van der Waals surface area (Å²) in [5.74, 6) is 2.64. The van der Waals surface area contributed by atoms with Crippen LogP contribution in [0, 0.1) is 12.8 Å². The van der Waals surface area contributed by atoms with Gasteiger partial charge in [0.25, 0.3) is 5.89 Å². The molecule has 1 aliphatic carbocycles. The molecule has 0 bridgehead atoms. The van der Waals surface area contributed by atoms with E-state index < -0.39 is 0 Å². The number of hydrogen-bond acceptors (Lipinski definition) is 4. The average molecular weight is 230 g/mol. The molecule has 4 nitrogen and oxygen atoms in total. The van der Waals surface area contributed by atoms with Crippen LogP contribution in [0.5, 0.6) is 5.75 Å². The average Bonchev–Trinajstić information content (AvgIpc) is 2.86. The lowest BCUT2D eigenvalue weighted by Gasteiger charge is -2.01. The summed E-state index contributed by atoms with van der Waals surface area (Å²) in [6.45, 7) is 4.02. The first-order valence-electron chi connectivity index (χ1n) is 5.79. The van der Waals surface area contributed by atoms with Crippen LogP contribution in [0.3, 0.4) is 0 Å². The van der Waals surface area contributed by atoms with E-state index in [0.717, 1.165) is 23.4 Å². The molecule has 1 saturated carbocycles. The maximum absolute atomic E-state index is 9.64. The molecule has 1 fully saturated rings. The molecule has 0 radical (unpaired) electrons. The van der Waals surface area contributed by atoms with Crippen molar-refractivity contribution in [1.82, 2.24) is 10.1 Å². The number of nitrogens with zero attached hydrogens (tertiary/aromatic N) is 2. The molecule has 2 atom stereocenters. The number of aromatic nitrogens is 2. The van der Waals surface area contributed by atoms with E-state index in [4.69, 9.17) is 4.52 Å². The number of phenolic OH excluding ortho intramolecular Hbond substituents is 1. The molecule has 4 heteroatoms. The minimum atomic E-state index is 0.252. The highest BCUT2D eigenvalue weighted by Crippen LogP contribution is 2.46. The predicted octanol–water partition coefficient (Wildman–Crippen LogP) is 2.87. The van der Waals surface area contributed by atoms with Gasteiger partial charge in [0.15, 0.2) is 5.82 Å². The molecule has 1 heterocycles. The number of rotatable bonds is 2. The summed E-state index contributed by atoms with van der Waals surface area (Å²) in [6, 6.07) is 5.31. The van der Waals surface area contributed by atoms with Crippen LogP contribution in [0.4, 0.5) is 0 Å². The van der Waals surface area contributed by atoms with Crippen LogP contribution >= 0.6 is 0 Å². The van der Waals surface area contributed by atoms with Crippen LogP contribution in [0.2, 0.25) is 0 Å². The highest BCUT2D eigenvalue weighted by molar-refractivity contribution is 5.61. The molecular weight excluding hydrogens is 216 g/mol. The Morgan fingerprint density at radius 2 is 2.18 bits per heavy atom. The normalized spacial score (nSPS) is 22.7. The molecule has 0 aliphatic heterocycles. The molecule has 2 aromatic rings. The molecule has 88 valence electrons. The summed E-state index contributed by atoms with van der Waals surface area (Å²) in [6.07, 6.45) is 1.14. The van der Waals surface area contributed by atoms with Crippen LogP contribution in [-0.2, 0) is 0 Å². The second-order valence-corrected chi connectivity index (χ2v) is 4.73. The number of hydrogen-bond donors (Lipinski definition) is 1. The summed E-state index contributed by atoms with van der Waals surface area (Å²) >= 11 is 0. The Balaban J connectivity index is 1.98. The largest absolute Gasteiger partial charge is 0.508 e. The van der Waals surface area contributed by atoms with E-state index in [0.29, 0.717) is 17.7 Å². The topological polar surface area (TPSA) is 59.2 Å². The summed E-state index contributed by atoms with van der Waals surface area (Å²) in [7, 11) is 0.